The fourth-order valence-electron chi connectivity index (χ4n) is 4.94. The van der Waals surface area contributed by atoms with E-state index in [1.807, 2.05) is 70.5 Å². The summed E-state index contributed by atoms with van der Waals surface area (Å²) in [5, 5.41) is 0. The van der Waals surface area contributed by atoms with E-state index in [1.165, 1.54) is 0 Å². The number of nitrogens with one attached hydrogen (secondary N) is 1. The summed E-state index contributed by atoms with van der Waals surface area (Å²) >= 11 is 0. The van der Waals surface area contributed by atoms with Crippen LogP contribution in [0.4, 0.5) is 0 Å². The number of imidazole rings is 1. The number of amides is 2. The summed E-state index contributed by atoms with van der Waals surface area (Å²) in [6, 6.07) is 18.9. The molecular weight excluding hydrogens is 388 g/mol. The van der Waals surface area contributed by atoms with E-state index in [0.29, 0.717) is 25.2 Å². The Balaban J connectivity index is 1.36. The Morgan fingerprint density at radius 3 is 2.10 bits per heavy atom. The van der Waals surface area contributed by atoms with E-state index in [1.54, 1.807) is 6.33 Å². The van der Waals surface area contributed by atoms with Crippen LogP contribution in [0.1, 0.15) is 51.0 Å². The van der Waals surface area contributed by atoms with E-state index in [0.717, 1.165) is 36.2 Å². The lowest BCUT2D eigenvalue weighted by atomic mass is 9.83. The predicted molar refractivity (Wildman–Crippen MR) is 118 cm³/mol. The summed E-state index contributed by atoms with van der Waals surface area (Å²) in [5.41, 5.74) is 3.56. The quantitative estimate of drug-likeness (QED) is 0.710. The molecule has 1 fully saturated rings. The molecule has 6 nitrogen and oxygen atoms in total. The summed E-state index contributed by atoms with van der Waals surface area (Å²) in [6.45, 7) is 2.07. The van der Waals surface area contributed by atoms with E-state index >= 15 is 0 Å². The molecule has 0 radical (unpaired) electrons. The van der Waals surface area contributed by atoms with E-state index in [2.05, 4.69) is 9.97 Å². The van der Waals surface area contributed by atoms with Crippen LogP contribution in [0.15, 0.2) is 67.0 Å². The Hall–Kier alpha value is -3.41. The maximum atomic E-state index is 13.4. The molecule has 6 heteroatoms. The van der Waals surface area contributed by atoms with E-state index in [9.17, 15) is 9.59 Å². The van der Waals surface area contributed by atoms with Crippen molar-refractivity contribution in [1.82, 2.24) is 19.8 Å². The van der Waals surface area contributed by atoms with Gasteiger partial charge in [0, 0.05) is 42.9 Å². The molecule has 2 aliphatic heterocycles. The van der Waals surface area contributed by atoms with Gasteiger partial charge in [0.2, 0.25) is 0 Å². The lowest BCUT2D eigenvalue weighted by Gasteiger charge is -2.43. The molecule has 2 amide bonds. The summed E-state index contributed by atoms with van der Waals surface area (Å²) < 4.78 is 0. The number of carbonyl (C=O) groups is 2. The van der Waals surface area contributed by atoms with Crippen LogP contribution < -0.4 is 0 Å². The first kappa shape index (κ1) is 19.5. The SMILES string of the molecule is O=C(c1ccccc1)N1CCC(C2c3nc[nH]c3CCN2C(=O)c2ccccc2)CC1. The number of hydrogen-bond donors (Lipinski definition) is 1. The normalized spacial score (nSPS) is 19.2. The molecule has 0 aliphatic carbocycles. The van der Waals surface area contributed by atoms with Crippen molar-refractivity contribution in [2.24, 2.45) is 5.92 Å². The molecule has 0 saturated carbocycles. The van der Waals surface area contributed by atoms with Crippen LogP contribution in [-0.2, 0) is 6.42 Å². The summed E-state index contributed by atoms with van der Waals surface area (Å²) in [4.78, 5) is 38.0. The van der Waals surface area contributed by atoms with Gasteiger partial charge in [0.05, 0.1) is 18.1 Å². The van der Waals surface area contributed by atoms with Gasteiger partial charge in [-0.2, -0.15) is 0 Å². The summed E-state index contributed by atoms with van der Waals surface area (Å²) in [6.07, 6.45) is 4.24. The first-order valence-electron chi connectivity index (χ1n) is 10.9. The van der Waals surface area contributed by atoms with Crippen LogP contribution >= 0.6 is 0 Å². The van der Waals surface area contributed by atoms with Crippen molar-refractivity contribution >= 4 is 11.8 Å². The van der Waals surface area contributed by atoms with Crippen molar-refractivity contribution < 1.29 is 9.59 Å². The van der Waals surface area contributed by atoms with Crippen LogP contribution in [0.2, 0.25) is 0 Å². The van der Waals surface area contributed by atoms with Crippen LogP contribution in [0.3, 0.4) is 0 Å². The second-order valence-corrected chi connectivity index (χ2v) is 8.32. The van der Waals surface area contributed by atoms with Gasteiger partial charge < -0.3 is 14.8 Å². The molecule has 1 atom stereocenters. The second kappa shape index (κ2) is 8.38. The molecule has 1 unspecified atom stereocenters. The molecule has 1 saturated heterocycles. The Labute approximate surface area is 181 Å². The Kier molecular flexibility index (Phi) is 5.28. The Morgan fingerprint density at radius 2 is 1.45 bits per heavy atom. The molecule has 1 aromatic heterocycles. The molecule has 158 valence electrons. The molecule has 2 aliphatic rings. The molecule has 5 rings (SSSR count). The molecule has 2 aromatic carbocycles. The van der Waals surface area contributed by atoms with Gasteiger partial charge >= 0.3 is 0 Å². The fraction of sp³-hybridized carbons (Fsp3) is 0.320. The van der Waals surface area contributed by atoms with Crippen molar-refractivity contribution in [3.63, 3.8) is 0 Å². The van der Waals surface area contributed by atoms with Crippen molar-refractivity contribution in [2.45, 2.75) is 25.3 Å². The number of H-pyrrole nitrogens is 1. The van der Waals surface area contributed by atoms with Crippen LogP contribution in [-0.4, -0.2) is 51.2 Å². The van der Waals surface area contributed by atoms with Gasteiger partial charge in [0.25, 0.3) is 11.8 Å². The summed E-state index contributed by atoms with van der Waals surface area (Å²) in [5.74, 6) is 0.414. The first-order valence-corrected chi connectivity index (χ1v) is 10.9. The first-order chi connectivity index (χ1) is 15.2. The molecule has 3 heterocycles. The Morgan fingerprint density at radius 1 is 0.839 bits per heavy atom. The molecule has 0 bridgehead atoms. The van der Waals surface area contributed by atoms with Crippen LogP contribution in [0.5, 0.6) is 0 Å². The number of carbonyl (C=O) groups excluding carboxylic acids is 2. The average Bonchev–Trinajstić information content (AvgIpc) is 3.33. The molecule has 0 spiro atoms. The van der Waals surface area contributed by atoms with Gasteiger partial charge in [0.15, 0.2) is 0 Å². The van der Waals surface area contributed by atoms with Crippen LogP contribution in [0.25, 0.3) is 0 Å². The minimum absolute atomic E-state index is 0.0574. The smallest absolute Gasteiger partial charge is 0.254 e. The highest BCUT2D eigenvalue weighted by Crippen LogP contribution is 2.39. The highest BCUT2D eigenvalue weighted by atomic mass is 16.2. The van der Waals surface area contributed by atoms with Crippen molar-refractivity contribution in [3.8, 4) is 0 Å². The van der Waals surface area contributed by atoms with Crippen molar-refractivity contribution in [2.75, 3.05) is 19.6 Å². The number of aromatic nitrogens is 2. The third kappa shape index (κ3) is 3.74. The highest BCUT2D eigenvalue weighted by Gasteiger charge is 2.40. The average molecular weight is 415 g/mol. The number of nitrogens with zero attached hydrogens (tertiary/aromatic N) is 3. The van der Waals surface area contributed by atoms with Gasteiger partial charge in [-0.3, -0.25) is 9.59 Å². The molecule has 1 N–H and O–H groups in total. The second-order valence-electron chi connectivity index (χ2n) is 8.32. The number of fused-ring (bicyclic) bond motifs is 1. The topological polar surface area (TPSA) is 69.3 Å². The van der Waals surface area contributed by atoms with E-state index in [-0.39, 0.29) is 23.8 Å². The van der Waals surface area contributed by atoms with Gasteiger partial charge in [-0.05, 0) is 43.0 Å². The maximum absolute atomic E-state index is 13.4. The summed E-state index contributed by atoms with van der Waals surface area (Å²) in [7, 11) is 0. The molecular formula is C25H26N4O2. The minimum Gasteiger partial charge on any atom is -0.348 e. The lowest BCUT2D eigenvalue weighted by Crippen LogP contribution is -2.47. The largest absolute Gasteiger partial charge is 0.348 e. The maximum Gasteiger partial charge on any atom is 0.254 e. The monoisotopic (exact) mass is 414 g/mol. The van der Waals surface area contributed by atoms with E-state index in [4.69, 9.17) is 0 Å². The van der Waals surface area contributed by atoms with E-state index < -0.39 is 0 Å². The van der Waals surface area contributed by atoms with Crippen LogP contribution in [0, 0.1) is 5.92 Å². The fourth-order valence-corrected chi connectivity index (χ4v) is 4.94. The zero-order valence-electron chi connectivity index (χ0n) is 17.4. The number of likely N-dealkylation sites (tertiary alicyclic amines) is 1. The minimum atomic E-state index is -0.0586. The third-order valence-electron chi connectivity index (χ3n) is 6.55. The molecule has 3 aromatic rings. The van der Waals surface area contributed by atoms with Gasteiger partial charge in [-0.25, -0.2) is 4.98 Å². The number of benzene rings is 2. The van der Waals surface area contributed by atoms with Crippen molar-refractivity contribution in [3.05, 3.63) is 89.5 Å². The van der Waals surface area contributed by atoms with Gasteiger partial charge in [0.1, 0.15) is 0 Å². The predicted octanol–water partition coefficient (Wildman–Crippen LogP) is 3.70. The molecule has 31 heavy (non-hydrogen) atoms. The van der Waals surface area contributed by atoms with Gasteiger partial charge in [-0.1, -0.05) is 36.4 Å². The number of rotatable bonds is 3. The Bertz CT molecular complexity index is 1060. The zero-order valence-corrected chi connectivity index (χ0v) is 17.4. The number of piperidine rings is 1. The van der Waals surface area contributed by atoms with Crippen molar-refractivity contribution in [1.29, 1.82) is 0 Å². The highest BCUT2D eigenvalue weighted by molar-refractivity contribution is 5.95. The lowest BCUT2D eigenvalue weighted by molar-refractivity contribution is 0.0432. The number of aromatic amines is 1. The zero-order chi connectivity index (χ0) is 21.2. The standard InChI is InChI=1S/C25H26N4O2/c30-24(19-7-3-1-4-8-19)28-14-11-18(12-15-28)23-22-21(26-17-27-22)13-16-29(23)25(31)20-9-5-2-6-10-20/h1-10,17-18,23H,11-16H2,(H,26,27). The third-order valence-corrected chi connectivity index (χ3v) is 6.55. The number of hydrogen-bond acceptors (Lipinski definition) is 3. The van der Waals surface area contributed by atoms with Gasteiger partial charge in [-0.15, -0.1) is 0 Å².